The quantitative estimate of drug-likeness (QED) is 0.887. The third-order valence-electron chi connectivity index (χ3n) is 3.16. The number of nitrogens with one attached hydrogen (secondary N) is 1. The Morgan fingerprint density at radius 3 is 3.11 bits per heavy atom. The van der Waals surface area contributed by atoms with Gasteiger partial charge in [0.05, 0.1) is 12.3 Å². The highest BCUT2D eigenvalue weighted by atomic mass is 16.5. The maximum absolute atomic E-state index is 5.50. The largest absolute Gasteiger partial charge is 0.493 e. The van der Waals surface area contributed by atoms with E-state index in [1.165, 1.54) is 11.1 Å². The van der Waals surface area contributed by atoms with Crippen molar-refractivity contribution in [2.24, 2.45) is 7.05 Å². The summed E-state index contributed by atoms with van der Waals surface area (Å²) in [5, 5.41) is 7.74. The molecular formula is C14H17N3O. The molecule has 0 spiro atoms. The number of ether oxygens (including phenoxy) is 1. The van der Waals surface area contributed by atoms with Crippen LogP contribution in [0.3, 0.4) is 0 Å². The summed E-state index contributed by atoms with van der Waals surface area (Å²) in [6.07, 6.45) is 2.99. The molecule has 1 aromatic heterocycles. The first-order valence-electron chi connectivity index (χ1n) is 6.25. The lowest BCUT2D eigenvalue weighted by molar-refractivity contribution is 0.357. The van der Waals surface area contributed by atoms with Gasteiger partial charge in [-0.2, -0.15) is 5.10 Å². The average molecular weight is 243 g/mol. The first kappa shape index (κ1) is 11.3. The van der Waals surface area contributed by atoms with Crippen molar-refractivity contribution in [2.45, 2.75) is 19.5 Å². The Hall–Kier alpha value is -1.81. The predicted molar refractivity (Wildman–Crippen MR) is 69.4 cm³/mol. The molecular weight excluding hydrogens is 226 g/mol. The van der Waals surface area contributed by atoms with E-state index in [0.717, 1.165) is 37.6 Å². The molecule has 1 N–H and O–H groups in total. The molecule has 4 nitrogen and oxygen atoms in total. The van der Waals surface area contributed by atoms with Crippen LogP contribution in [0.4, 0.5) is 0 Å². The first-order valence-corrected chi connectivity index (χ1v) is 6.25. The van der Waals surface area contributed by atoms with Crippen LogP contribution in [0.2, 0.25) is 0 Å². The third-order valence-corrected chi connectivity index (χ3v) is 3.16. The molecule has 1 aliphatic heterocycles. The smallest absolute Gasteiger partial charge is 0.122 e. The molecule has 2 aromatic rings. The molecule has 1 aliphatic rings. The molecule has 2 heterocycles. The molecule has 0 bridgehead atoms. The lowest BCUT2D eigenvalue weighted by atomic mass is 10.1. The Kier molecular flexibility index (Phi) is 3.02. The molecule has 0 saturated heterocycles. The number of aromatic nitrogens is 2. The Bertz CT molecular complexity index is 548. The van der Waals surface area contributed by atoms with Gasteiger partial charge in [-0.25, -0.2) is 0 Å². The highest BCUT2D eigenvalue weighted by molar-refractivity contribution is 5.39. The van der Waals surface area contributed by atoms with Crippen molar-refractivity contribution in [1.82, 2.24) is 15.1 Å². The van der Waals surface area contributed by atoms with E-state index in [0.29, 0.717) is 0 Å². The number of fused-ring (bicyclic) bond motifs is 1. The number of hydrogen-bond donors (Lipinski definition) is 1. The second-order valence-corrected chi connectivity index (χ2v) is 4.62. The van der Waals surface area contributed by atoms with Gasteiger partial charge in [0.2, 0.25) is 0 Å². The summed E-state index contributed by atoms with van der Waals surface area (Å²) < 4.78 is 7.32. The number of nitrogens with zero attached hydrogens (tertiary/aromatic N) is 2. The fraction of sp³-hybridized carbons (Fsp3) is 0.357. The van der Waals surface area contributed by atoms with Crippen molar-refractivity contribution in [1.29, 1.82) is 0 Å². The summed E-state index contributed by atoms with van der Waals surface area (Å²) >= 11 is 0. The molecule has 94 valence electrons. The molecule has 0 fully saturated rings. The van der Waals surface area contributed by atoms with Gasteiger partial charge in [0.1, 0.15) is 5.75 Å². The van der Waals surface area contributed by atoms with Gasteiger partial charge in [-0.15, -0.1) is 0 Å². The van der Waals surface area contributed by atoms with E-state index in [2.05, 4.69) is 28.6 Å². The van der Waals surface area contributed by atoms with Gasteiger partial charge in [0.15, 0.2) is 0 Å². The van der Waals surface area contributed by atoms with Crippen molar-refractivity contribution >= 4 is 0 Å². The van der Waals surface area contributed by atoms with Crippen molar-refractivity contribution in [2.75, 3.05) is 6.61 Å². The molecule has 3 rings (SSSR count). The van der Waals surface area contributed by atoms with Gasteiger partial charge in [0, 0.05) is 32.8 Å². The van der Waals surface area contributed by atoms with Crippen LogP contribution in [0.1, 0.15) is 16.8 Å². The molecule has 0 atom stereocenters. The molecule has 4 heteroatoms. The van der Waals surface area contributed by atoms with Gasteiger partial charge >= 0.3 is 0 Å². The lowest BCUT2D eigenvalue weighted by Crippen LogP contribution is -2.13. The number of benzene rings is 1. The van der Waals surface area contributed by atoms with Crippen LogP contribution in [0.15, 0.2) is 30.5 Å². The van der Waals surface area contributed by atoms with E-state index in [9.17, 15) is 0 Å². The van der Waals surface area contributed by atoms with Crippen LogP contribution in [0.25, 0.3) is 0 Å². The van der Waals surface area contributed by atoms with Gasteiger partial charge in [0.25, 0.3) is 0 Å². The SMILES string of the molecule is Cn1ccc(CNCc2ccc3c(c2)CCO3)n1. The van der Waals surface area contributed by atoms with Crippen LogP contribution in [-0.2, 0) is 26.6 Å². The molecule has 0 saturated carbocycles. The summed E-state index contributed by atoms with van der Waals surface area (Å²) in [4.78, 5) is 0. The molecule has 0 unspecified atom stereocenters. The summed E-state index contributed by atoms with van der Waals surface area (Å²) in [5.74, 6) is 1.04. The average Bonchev–Trinajstić information content (AvgIpc) is 2.97. The second kappa shape index (κ2) is 4.82. The lowest BCUT2D eigenvalue weighted by Gasteiger charge is -2.05. The van der Waals surface area contributed by atoms with Crippen LogP contribution < -0.4 is 10.1 Å². The standard InChI is InChI=1S/C14H17N3O/c1-17-6-4-13(16-17)10-15-9-11-2-3-14-12(8-11)5-7-18-14/h2-4,6,8,15H,5,7,9-10H2,1H3. The second-order valence-electron chi connectivity index (χ2n) is 4.62. The zero-order chi connectivity index (χ0) is 12.4. The fourth-order valence-electron chi connectivity index (χ4n) is 2.24. The van der Waals surface area contributed by atoms with Gasteiger partial charge in [-0.1, -0.05) is 12.1 Å². The van der Waals surface area contributed by atoms with Crippen LogP contribution >= 0.6 is 0 Å². The van der Waals surface area contributed by atoms with Crippen molar-refractivity contribution in [3.8, 4) is 5.75 Å². The van der Waals surface area contributed by atoms with E-state index in [4.69, 9.17) is 4.74 Å². The Morgan fingerprint density at radius 1 is 1.33 bits per heavy atom. The monoisotopic (exact) mass is 243 g/mol. The maximum atomic E-state index is 5.50. The van der Waals surface area contributed by atoms with Crippen molar-refractivity contribution in [3.05, 3.63) is 47.3 Å². The zero-order valence-electron chi connectivity index (χ0n) is 10.5. The molecule has 0 radical (unpaired) electrons. The topological polar surface area (TPSA) is 39.1 Å². The zero-order valence-corrected chi connectivity index (χ0v) is 10.5. The normalized spacial score (nSPS) is 13.4. The first-order chi connectivity index (χ1) is 8.81. The van der Waals surface area contributed by atoms with Crippen LogP contribution in [0.5, 0.6) is 5.75 Å². The maximum Gasteiger partial charge on any atom is 0.122 e. The van der Waals surface area contributed by atoms with Crippen LogP contribution in [-0.4, -0.2) is 16.4 Å². The number of aryl methyl sites for hydroxylation is 1. The Labute approximate surface area is 107 Å². The minimum Gasteiger partial charge on any atom is -0.493 e. The third kappa shape index (κ3) is 2.38. The Morgan fingerprint density at radius 2 is 2.28 bits per heavy atom. The molecule has 0 aliphatic carbocycles. The summed E-state index contributed by atoms with van der Waals surface area (Å²) in [5.41, 5.74) is 3.70. The predicted octanol–water partition coefficient (Wildman–Crippen LogP) is 1.64. The van der Waals surface area contributed by atoms with E-state index < -0.39 is 0 Å². The van der Waals surface area contributed by atoms with Crippen LogP contribution in [0, 0.1) is 0 Å². The van der Waals surface area contributed by atoms with E-state index >= 15 is 0 Å². The number of rotatable bonds is 4. The van der Waals surface area contributed by atoms with Gasteiger partial charge in [-0.3, -0.25) is 4.68 Å². The minimum absolute atomic E-state index is 0.800. The summed E-state index contributed by atoms with van der Waals surface area (Å²) in [7, 11) is 1.93. The minimum atomic E-state index is 0.800. The van der Waals surface area contributed by atoms with E-state index in [1.807, 2.05) is 24.0 Å². The molecule has 0 amide bonds. The highest BCUT2D eigenvalue weighted by Gasteiger charge is 2.11. The summed E-state index contributed by atoms with van der Waals surface area (Å²) in [6.45, 7) is 2.48. The fourth-order valence-corrected chi connectivity index (χ4v) is 2.24. The summed E-state index contributed by atoms with van der Waals surface area (Å²) in [6, 6.07) is 8.45. The Balaban J connectivity index is 1.57. The molecule has 1 aromatic carbocycles. The molecule has 18 heavy (non-hydrogen) atoms. The highest BCUT2D eigenvalue weighted by Crippen LogP contribution is 2.25. The van der Waals surface area contributed by atoms with E-state index in [-0.39, 0.29) is 0 Å². The van der Waals surface area contributed by atoms with Crippen molar-refractivity contribution < 1.29 is 4.74 Å². The van der Waals surface area contributed by atoms with Gasteiger partial charge in [-0.05, 0) is 23.3 Å². The van der Waals surface area contributed by atoms with Crippen molar-refractivity contribution in [3.63, 3.8) is 0 Å². The van der Waals surface area contributed by atoms with E-state index in [1.54, 1.807) is 0 Å². The van der Waals surface area contributed by atoms with Gasteiger partial charge < -0.3 is 10.1 Å². The number of hydrogen-bond acceptors (Lipinski definition) is 3.